The monoisotopic (exact) mass is 754 g/mol. The first-order valence-corrected chi connectivity index (χ1v) is 17.6. The summed E-state index contributed by atoms with van der Waals surface area (Å²) in [5.74, 6) is -3.55. The Balaban J connectivity index is 0.000000282. The molecule has 4 rings (SSSR count). The number of hydrogen-bond donors (Lipinski definition) is 4. The first-order valence-electron chi connectivity index (χ1n) is 14.2. The standard InChI is InChI=1S/C17H17ClFNO4.C8H6Cl2O3.C5H12NO4P/c1-9(2)15-16(21)20(17(22)24-15)13-8-14(11(18)7-12(13)19)23-10-5-3-4-6-10;1-13-7-5(10)3-2-4(9)6(7)8(11)12;1-11(9,10)3-2-4(6)5(7)8/h7-8,10H,3-6H2,1-2H3;2-3H,1H3,(H,11,12);4H,2-3,6H2,1H3,(H,7,8)(H,9,10). The number of ether oxygens (including phenoxy) is 3. The molecule has 1 heterocycles. The Morgan fingerprint density at radius 1 is 1.10 bits per heavy atom. The lowest BCUT2D eigenvalue weighted by Gasteiger charge is -2.18. The lowest BCUT2D eigenvalue weighted by Crippen LogP contribution is -2.30. The molecule has 0 spiro atoms. The number of nitrogens with two attached hydrogens (primary N) is 1. The van der Waals surface area contributed by atoms with E-state index in [0.29, 0.717) is 10.5 Å². The maximum atomic E-state index is 14.3. The molecule has 1 aliphatic carbocycles. The van der Waals surface area contributed by atoms with Crippen LogP contribution in [0.15, 0.2) is 35.6 Å². The van der Waals surface area contributed by atoms with Crippen LogP contribution in [0.5, 0.6) is 11.5 Å². The van der Waals surface area contributed by atoms with Gasteiger partial charge in [-0.15, -0.1) is 0 Å². The fourth-order valence-corrected chi connectivity index (χ4v) is 5.70. The third kappa shape index (κ3) is 11.4. The maximum absolute atomic E-state index is 14.3. The number of aromatic carboxylic acids is 1. The summed E-state index contributed by atoms with van der Waals surface area (Å²) in [6, 6.07) is 4.19. The highest BCUT2D eigenvalue weighted by molar-refractivity contribution is 7.57. The second-order valence-electron chi connectivity index (χ2n) is 10.8. The van der Waals surface area contributed by atoms with Crippen LogP contribution in [0.25, 0.3) is 0 Å². The van der Waals surface area contributed by atoms with Crippen LogP contribution in [0.3, 0.4) is 0 Å². The van der Waals surface area contributed by atoms with Crippen LogP contribution < -0.4 is 20.1 Å². The Morgan fingerprint density at radius 2 is 1.69 bits per heavy atom. The van der Waals surface area contributed by atoms with Gasteiger partial charge in [-0.25, -0.2) is 18.9 Å². The minimum atomic E-state index is -3.10. The topological polar surface area (TPSA) is 203 Å². The van der Waals surface area contributed by atoms with Gasteiger partial charge >= 0.3 is 23.9 Å². The Labute approximate surface area is 290 Å². The van der Waals surface area contributed by atoms with E-state index in [9.17, 15) is 28.1 Å². The van der Waals surface area contributed by atoms with Crippen molar-refractivity contribution >= 4 is 71.8 Å². The fourth-order valence-electron chi connectivity index (χ4n) is 4.28. The average Bonchev–Trinajstić information content (AvgIpc) is 3.61. The maximum Gasteiger partial charge on any atom is 0.427 e. The molecule has 2 fully saturated rings. The molecular formula is C30H35Cl3FN2O11P. The van der Waals surface area contributed by atoms with Crippen molar-refractivity contribution in [2.75, 3.05) is 24.8 Å². The molecule has 48 heavy (non-hydrogen) atoms. The largest absolute Gasteiger partial charge is 0.494 e. The summed E-state index contributed by atoms with van der Waals surface area (Å²) in [6.45, 7) is 4.45. The van der Waals surface area contributed by atoms with E-state index in [2.05, 4.69) is 0 Å². The lowest BCUT2D eigenvalue weighted by molar-refractivity contribution is -0.138. The first-order chi connectivity index (χ1) is 22.3. The van der Waals surface area contributed by atoms with Crippen molar-refractivity contribution in [2.24, 2.45) is 5.73 Å². The van der Waals surface area contributed by atoms with E-state index in [1.165, 1.54) is 32.0 Å². The number of carbonyl (C=O) groups excluding carboxylic acids is 2. The highest BCUT2D eigenvalue weighted by Crippen LogP contribution is 2.38. The van der Waals surface area contributed by atoms with Crippen molar-refractivity contribution in [2.45, 2.75) is 58.1 Å². The van der Waals surface area contributed by atoms with Crippen LogP contribution in [0.4, 0.5) is 14.9 Å². The predicted octanol–water partition coefficient (Wildman–Crippen LogP) is 6.97. The van der Waals surface area contributed by atoms with Crippen molar-refractivity contribution in [3.8, 4) is 11.5 Å². The van der Waals surface area contributed by atoms with Gasteiger partial charge in [0.15, 0.2) is 18.9 Å². The molecule has 2 unspecified atom stereocenters. The number of allylic oxidation sites excluding steroid dienone is 1. The van der Waals surface area contributed by atoms with Gasteiger partial charge in [-0.05, 0) is 69.7 Å². The minimum absolute atomic E-state index is 0.00962. The molecule has 2 aliphatic rings. The Hall–Kier alpha value is -3.39. The summed E-state index contributed by atoms with van der Waals surface area (Å²) in [5.41, 5.74) is 5.29. The number of carboxylic acids is 2. The summed E-state index contributed by atoms with van der Waals surface area (Å²) in [5, 5.41) is 17.5. The van der Waals surface area contributed by atoms with Gasteiger partial charge in [0.05, 0.1) is 34.0 Å². The van der Waals surface area contributed by atoms with Gasteiger partial charge in [0.1, 0.15) is 23.2 Å². The van der Waals surface area contributed by atoms with Crippen molar-refractivity contribution < 1.29 is 57.5 Å². The van der Waals surface area contributed by atoms with Crippen LogP contribution in [0.2, 0.25) is 15.1 Å². The number of cyclic esters (lactones) is 1. The van der Waals surface area contributed by atoms with Crippen molar-refractivity contribution in [3.63, 3.8) is 0 Å². The highest BCUT2D eigenvalue weighted by atomic mass is 35.5. The molecule has 5 N–H and O–H groups in total. The molecule has 2 aromatic rings. The number of carbonyl (C=O) groups is 4. The van der Waals surface area contributed by atoms with E-state index in [1.807, 2.05) is 0 Å². The Morgan fingerprint density at radius 3 is 2.15 bits per heavy atom. The summed E-state index contributed by atoms with van der Waals surface area (Å²) in [4.78, 5) is 54.6. The molecule has 18 heteroatoms. The third-order valence-electron chi connectivity index (χ3n) is 6.71. The Kier molecular flexibility index (Phi) is 15.2. The molecule has 2 aromatic carbocycles. The van der Waals surface area contributed by atoms with Crippen LogP contribution in [0, 0.1) is 5.82 Å². The van der Waals surface area contributed by atoms with E-state index in [4.69, 9.17) is 69.9 Å². The molecule has 1 saturated heterocycles. The molecule has 2 atom stereocenters. The van der Waals surface area contributed by atoms with Crippen LogP contribution >= 0.6 is 42.2 Å². The van der Waals surface area contributed by atoms with Gasteiger partial charge in [-0.1, -0.05) is 34.8 Å². The fraction of sp³-hybridized carbons (Fsp3) is 0.400. The molecule has 1 aliphatic heterocycles. The number of amides is 2. The van der Waals surface area contributed by atoms with E-state index in [0.717, 1.165) is 31.7 Å². The second-order valence-corrected chi connectivity index (χ2v) is 14.6. The van der Waals surface area contributed by atoms with Crippen molar-refractivity contribution in [1.29, 1.82) is 0 Å². The molecule has 264 valence electrons. The lowest BCUT2D eigenvalue weighted by atomic mass is 10.2. The van der Waals surface area contributed by atoms with Crippen LogP contribution in [-0.2, 0) is 18.9 Å². The van der Waals surface area contributed by atoms with Gasteiger partial charge in [-0.3, -0.25) is 14.2 Å². The van der Waals surface area contributed by atoms with Gasteiger partial charge in [-0.2, -0.15) is 0 Å². The van der Waals surface area contributed by atoms with E-state index >= 15 is 0 Å². The molecule has 13 nitrogen and oxygen atoms in total. The third-order valence-corrected chi connectivity index (χ3v) is 8.71. The van der Waals surface area contributed by atoms with Crippen molar-refractivity contribution in [3.05, 3.63) is 62.0 Å². The number of hydrogen-bond acceptors (Lipinski definition) is 9. The Bertz CT molecular complexity index is 1620. The zero-order valence-electron chi connectivity index (χ0n) is 26.3. The smallest absolute Gasteiger partial charge is 0.427 e. The van der Waals surface area contributed by atoms with Gasteiger partial charge in [0.25, 0.3) is 0 Å². The summed E-state index contributed by atoms with van der Waals surface area (Å²) in [6.07, 6.45) is 3.00. The number of imide groups is 1. The number of nitrogens with zero attached hydrogens (tertiary/aromatic N) is 1. The highest BCUT2D eigenvalue weighted by Gasteiger charge is 2.40. The minimum Gasteiger partial charge on any atom is -0.494 e. The molecule has 2 amide bonds. The predicted molar refractivity (Wildman–Crippen MR) is 177 cm³/mol. The normalized spacial score (nSPS) is 16.1. The SMILES string of the molecule is CC(C)=C1OC(=O)N(c2cc(OC3CCCC3)c(Cl)cc2F)C1=O.COc1c(Cl)ccc(Cl)c1C(=O)O.CP(=O)(O)CCC(N)C(=O)O. The van der Waals surface area contributed by atoms with Crippen LogP contribution in [0.1, 0.15) is 56.3 Å². The average molecular weight is 756 g/mol. The quantitative estimate of drug-likeness (QED) is 0.151. The molecule has 1 saturated carbocycles. The number of aliphatic carboxylic acids is 1. The van der Waals surface area contributed by atoms with Gasteiger partial charge < -0.3 is 35.1 Å². The summed E-state index contributed by atoms with van der Waals surface area (Å²) in [7, 11) is -1.77. The number of rotatable bonds is 9. The van der Waals surface area contributed by atoms with E-state index < -0.39 is 43.2 Å². The summed E-state index contributed by atoms with van der Waals surface area (Å²) >= 11 is 17.4. The molecule has 0 aromatic heterocycles. The zero-order valence-corrected chi connectivity index (χ0v) is 29.5. The second kappa shape index (κ2) is 17.8. The summed E-state index contributed by atoms with van der Waals surface area (Å²) < 4.78 is 40.5. The number of benzene rings is 2. The van der Waals surface area contributed by atoms with E-state index in [-0.39, 0.29) is 62.3 Å². The molecular weight excluding hydrogens is 721 g/mol. The molecule has 0 radical (unpaired) electrons. The van der Waals surface area contributed by atoms with Gasteiger partial charge in [0.2, 0.25) is 0 Å². The number of methoxy groups -OCH3 is 1. The number of anilines is 1. The zero-order chi connectivity index (χ0) is 36.5. The van der Waals surface area contributed by atoms with E-state index in [1.54, 1.807) is 13.8 Å². The van der Waals surface area contributed by atoms with Crippen LogP contribution in [-0.4, -0.2) is 71.1 Å². The molecule has 0 bridgehead atoms. The number of halogens is 4. The number of carboxylic acid groups (broad SMARTS) is 2. The van der Waals surface area contributed by atoms with Gasteiger partial charge in [0, 0.05) is 18.9 Å². The first kappa shape index (κ1) is 40.8. The van der Waals surface area contributed by atoms with Crippen molar-refractivity contribution in [1.82, 2.24) is 0 Å².